The van der Waals surface area contributed by atoms with E-state index < -0.39 is 5.54 Å². The van der Waals surface area contributed by atoms with Gasteiger partial charge < -0.3 is 15.4 Å². The van der Waals surface area contributed by atoms with Crippen molar-refractivity contribution in [2.24, 2.45) is 0 Å². The zero-order valence-electron chi connectivity index (χ0n) is 12.5. The fraction of sp³-hybridized carbons (Fsp3) is 0.857. The first-order valence-corrected chi connectivity index (χ1v) is 8.52. The Balaban J connectivity index is 0.00000220. The topological polar surface area (TPSA) is 67.4 Å². The minimum atomic E-state index is -0.786. The molecule has 1 aliphatic heterocycles. The van der Waals surface area contributed by atoms with Gasteiger partial charge in [0.15, 0.2) is 0 Å². The molecule has 0 aromatic carbocycles. The Morgan fingerprint density at radius 3 is 2.62 bits per heavy atom. The second kappa shape index (κ2) is 8.86. The van der Waals surface area contributed by atoms with Gasteiger partial charge in [0.25, 0.3) is 0 Å². The smallest absolute Gasteiger partial charge is 0.331 e. The van der Waals surface area contributed by atoms with E-state index in [4.69, 9.17) is 4.74 Å². The first-order chi connectivity index (χ1) is 9.66. The van der Waals surface area contributed by atoms with Crippen LogP contribution in [0.3, 0.4) is 0 Å². The van der Waals surface area contributed by atoms with Crippen LogP contribution in [-0.2, 0) is 14.3 Å². The Hall–Kier alpha value is -0.460. The molecule has 2 aliphatic rings. The van der Waals surface area contributed by atoms with Crippen molar-refractivity contribution in [3.63, 3.8) is 0 Å². The number of hydrogen-bond acceptors (Lipinski definition) is 5. The van der Waals surface area contributed by atoms with Crippen molar-refractivity contribution in [1.82, 2.24) is 10.6 Å². The molecule has 7 heteroatoms. The normalized spacial score (nSPS) is 24.5. The van der Waals surface area contributed by atoms with Gasteiger partial charge >= 0.3 is 5.97 Å². The highest BCUT2D eigenvalue weighted by Crippen LogP contribution is 2.29. The lowest BCUT2D eigenvalue weighted by Crippen LogP contribution is -2.57. The minimum absolute atomic E-state index is 0. The molecule has 5 nitrogen and oxygen atoms in total. The monoisotopic (exact) mass is 336 g/mol. The Morgan fingerprint density at radius 2 is 2.05 bits per heavy atom. The Morgan fingerprint density at radius 1 is 1.33 bits per heavy atom. The van der Waals surface area contributed by atoms with Crippen LogP contribution < -0.4 is 10.6 Å². The van der Waals surface area contributed by atoms with Crippen LogP contribution in [0.5, 0.6) is 0 Å². The first kappa shape index (κ1) is 18.6. The molecule has 2 fully saturated rings. The molecule has 1 amide bonds. The predicted molar refractivity (Wildman–Crippen MR) is 87.0 cm³/mol. The maximum absolute atomic E-state index is 12.2. The summed E-state index contributed by atoms with van der Waals surface area (Å²) in [7, 11) is 1.39. The van der Waals surface area contributed by atoms with Crippen molar-refractivity contribution in [3.05, 3.63) is 0 Å². The summed E-state index contributed by atoms with van der Waals surface area (Å²) >= 11 is 1.87. The number of carbonyl (C=O) groups is 2. The number of halogens is 1. The van der Waals surface area contributed by atoms with E-state index >= 15 is 0 Å². The number of rotatable bonds is 4. The summed E-state index contributed by atoms with van der Waals surface area (Å²) in [5.41, 5.74) is -0.786. The molecule has 1 atom stereocenters. The molecule has 122 valence electrons. The summed E-state index contributed by atoms with van der Waals surface area (Å²) in [6.45, 7) is 0.949. The van der Waals surface area contributed by atoms with Gasteiger partial charge in [-0.2, -0.15) is 11.8 Å². The van der Waals surface area contributed by atoms with Crippen molar-refractivity contribution in [2.75, 3.05) is 25.2 Å². The van der Waals surface area contributed by atoms with Gasteiger partial charge in [0.05, 0.1) is 7.11 Å². The average molecular weight is 337 g/mol. The molecule has 2 N–H and O–H groups in total. The highest BCUT2D eigenvalue weighted by molar-refractivity contribution is 7.99. The molecule has 0 spiro atoms. The highest BCUT2D eigenvalue weighted by Gasteiger charge is 2.42. The Kier molecular flexibility index (Phi) is 7.84. The van der Waals surface area contributed by atoms with E-state index in [-0.39, 0.29) is 30.3 Å². The summed E-state index contributed by atoms with van der Waals surface area (Å²) < 4.78 is 4.91. The van der Waals surface area contributed by atoms with Crippen LogP contribution in [0.25, 0.3) is 0 Å². The van der Waals surface area contributed by atoms with Crippen LogP contribution in [0.2, 0.25) is 0 Å². The summed E-state index contributed by atoms with van der Waals surface area (Å²) in [4.78, 5) is 24.3. The van der Waals surface area contributed by atoms with Gasteiger partial charge in [0.1, 0.15) is 5.54 Å². The van der Waals surface area contributed by atoms with E-state index in [1.807, 2.05) is 11.8 Å². The number of esters is 1. The van der Waals surface area contributed by atoms with Crippen molar-refractivity contribution in [3.8, 4) is 0 Å². The maximum Gasteiger partial charge on any atom is 0.331 e. The van der Waals surface area contributed by atoms with Gasteiger partial charge in [0, 0.05) is 30.5 Å². The van der Waals surface area contributed by atoms with Gasteiger partial charge in [-0.15, -0.1) is 12.4 Å². The fourth-order valence-corrected chi connectivity index (χ4v) is 3.97. The lowest BCUT2D eigenvalue weighted by atomic mass is 9.81. The van der Waals surface area contributed by atoms with E-state index in [0.29, 0.717) is 19.3 Å². The van der Waals surface area contributed by atoms with Gasteiger partial charge in [-0.05, 0) is 12.8 Å². The zero-order chi connectivity index (χ0) is 14.4. The molecule has 1 unspecified atom stereocenters. The third kappa shape index (κ3) is 5.04. The summed E-state index contributed by atoms with van der Waals surface area (Å²) in [6, 6.07) is 0.215. The van der Waals surface area contributed by atoms with Crippen molar-refractivity contribution >= 4 is 36.0 Å². The molecule has 0 aromatic heterocycles. The number of ether oxygens (including phenoxy) is 1. The number of carbonyl (C=O) groups excluding carboxylic acids is 2. The summed E-state index contributed by atoms with van der Waals surface area (Å²) in [5.74, 6) is 1.72. The predicted octanol–water partition coefficient (Wildman–Crippen LogP) is 1.50. The van der Waals surface area contributed by atoms with E-state index in [2.05, 4.69) is 10.6 Å². The highest BCUT2D eigenvalue weighted by atomic mass is 35.5. The largest absolute Gasteiger partial charge is 0.467 e. The molecule has 1 saturated carbocycles. The van der Waals surface area contributed by atoms with E-state index in [0.717, 1.165) is 37.3 Å². The molecule has 1 aliphatic carbocycles. The summed E-state index contributed by atoms with van der Waals surface area (Å²) in [5, 5.41) is 6.31. The standard InChI is InChI=1S/C14H24N2O3S.ClH/c1-19-13(18)14(5-3-2-4-6-14)16-12(17)9-11-10-20-8-7-15-11;/h11,15H,2-10H2,1H3,(H,16,17);1H. The minimum Gasteiger partial charge on any atom is -0.467 e. The van der Waals surface area contributed by atoms with E-state index in [1.165, 1.54) is 7.11 Å². The van der Waals surface area contributed by atoms with Crippen LogP contribution in [0.15, 0.2) is 0 Å². The molecule has 1 saturated heterocycles. The molecular formula is C14H25ClN2O3S. The first-order valence-electron chi connectivity index (χ1n) is 7.37. The van der Waals surface area contributed by atoms with Gasteiger partial charge in [-0.25, -0.2) is 4.79 Å². The Bertz CT molecular complexity index is 356. The van der Waals surface area contributed by atoms with E-state index in [9.17, 15) is 9.59 Å². The molecular weight excluding hydrogens is 312 g/mol. The number of thioether (sulfide) groups is 1. The number of nitrogens with one attached hydrogen (secondary N) is 2. The van der Waals surface area contributed by atoms with Crippen LogP contribution >= 0.6 is 24.2 Å². The number of amides is 1. The molecule has 21 heavy (non-hydrogen) atoms. The number of hydrogen-bond donors (Lipinski definition) is 2. The second-order valence-corrected chi connectivity index (χ2v) is 6.76. The van der Waals surface area contributed by atoms with Gasteiger partial charge in [0.2, 0.25) is 5.91 Å². The molecule has 0 bridgehead atoms. The SMILES string of the molecule is COC(=O)C1(NC(=O)CC2CSCCN2)CCCCC1.Cl. The van der Waals surface area contributed by atoms with Crippen molar-refractivity contribution in [2.45, 2.75) is 50.1 Å². The zero-order valence-corrected chi connectivity index (χ0v) is 14.1. The van der Waals surface area contributed by atoms with Crippen LogP contribution in [0, 0.1) is 0 Å². The lowest BCUT2D eigenvalue weighted by molar-refractivity contribution is -0.152. The lowest BCUT2D eigenvalue weighted by Gasteiger charge is -2.35. The number of methoxy groups -OCH3 is 1. The fourth-order valence-electron chi connectivity index (χ4n) is 3.02. The van der Waals surface area contributed by atoms with Crippen molar-refractivity contribution in [1.29, 1.82) is 0 Å². The quantitative estimate of drug-likeness (QED) is 0.761. The van der Waals surface area contributed by atoms with Gasteiger partial charge in [-0.3, -0.25) is 4.79 Å². The molecule has 2 rings (SSSR count). The second-order valence-electron chi connectivity index (χ2n) is 5.61. The van der Waals surface area contributed by atoms with Gasteiger partial charge in [-0.1, -0.05) is 19.3 Å². The van der Waals surface area contributed by atoms with Crippen LogP contribution in [-0.4, -0.2) is 48.6 Å². The van der Waals surface area contributed by atoms with Crippen molar-refractivity contribution < 1.29 is 14.3 Å². The Labute approximate surface area is 136 Å². The molecule has 0 radical (unpaired) electrons. The van der Waals surface area contributed by atoms with Crippen LogP contribution in [0.4, 0.5) is 0 Å². The average Bonchev–Trinajstić information content (AvgIpc) is 2.48. The maximum atomic E-state index is 12.2. The summed E-state index contributed by atoms with van der Waals surface area (Å²) in [6.07, 6.45) is 4.87. The van der Waals surface area contributed by atoms with E-state index in [1.54, 1.807) is 0 Å². The third-order valence-electron chi connectivity index (χ3n) is 4.09. The molecule has 0 aromatic rings. The third-order valence-corrected chi connectivity index (χ3v) is 5.22. The van der Waals surface area contributed by atoms with Crippen LogP contribution in [0.1, 0.15) is 38.5 Å². The molecule has 1 heterocycles.